The van der Waals surface area contributed by atoms with Gasteiger partial charge in [-0.15, -0.1) is 0 Å². The number of hydrogen-bond acceptors (Lipinski definition) is 4. The highest BCUT2D eigenvalue weighted by Gasteiger charge is 2.17. The van der Waals surface area contributed by atoms with E-state index in [4.69, 9.17) is 10.3 Å². The zero-order valence-electron chi connectivity index (χ0n) is 8.55. The number of hydrogen-bond donors (Lipinski definition) is 2. The molecule has 5 nitrogen and oxygen atoms in total. The van der Waals surface area contributed by atoms with Crippen LogP contribution >= 0.6 is 0 Å². The van der Waals surface area contributed by atoms with E-state index in [2.05, 4.69) is 10.4 Å². The molecule has 0 saturated heterocycles. The van der Waals surface area contributed by atoms with Crippen LogP contribution < -0.4 is 5.32 Å². The van der Waals surface area contributed by atoms with Crippen molar-refractivity contribution >= 4 is 6.09 Å². The van der Waals surface area contributed by atoms with Crippen LogP contribution in [-0.2, 0) is 4.74 Å². The van der Waals surface area contributed by atoms with Crippen molar-refractivity contribution in [2.24, 2.45) is 5.11 Å². The minimum atomic E-state index is -0.484. The molecule has 0 bridgehead atoms. The first-order chi connectivity index (χ1) is 5.85. The second-order valence-electron chi connectivity index (χ2n) is 3.89. The highest BCUT2D eigenvalue weighted by molar-refractivity contribution is 5.68. The molecular formula is C8H17N3O2. The number of rotatable bonds is 3. The zero-order chi connectivity index (χ0) is 10.5. The van der Waals surface area contributed by atoms with Crippen LogP contribution in [0.5, 0.6) is 0 Å². The monoisotopic (exact) mass is 187 g/mol. The summed E-state index contributed by atoms with van der Waals surface area (Å²) in [5.41, 5.74) is 6.11. The Morgan fingerprint density at radius 2 is 2.15 bits per heavy atom. The first-order valence-corrected chi connectivity index (χ1v) is 4.18. The topological polar surface area (TPSA) is 74.5 Å². The van der Waals surface area contributed by atoms with E-state index in [-0.39, 0.29) is 12.6 Å². The summed E-state index contributed by atoms with van der Waals surface area (Å²) in [7, 11) is 0. The van der Waals surface area contributed by atoms with Crippen molar-refractivity contribution in [2.75, 3.05) is 6.54 Å². The molecule has 1 unspecified atom stereocenters. The van der Waals surface area contributed by atoms with Gasteiger partial charge in [0.05, 0.1) is 12.6 Å². The fraction of sp³-hybridized carbons (Fsp3) is 0.875. The van der Waals surface area contributed by atoms with Gasteiger partial charge in [0.2, 0.25) is 0 Å². The summed E-state index contributed by atoms with van der Waals surface area (Å²) in [6.45, 7) is 7.44. The van der Waals surface area contributed by atoms with Crippen molar-refractivity contribution in [3.63, 3.8) is 0 Å². The third-order valence-corrected chi connectivity index (χ3v) is 1.13. The van der Waals surface area contributed by atoms with Crippen LogP contribution in [0.4, 0.5) is 4.79 Å². The molecule has 5 heteroatoms. The summed E-state index contributed by atoms with van der Waals surface area (Å²) in [5, 5.41) is 5.73. The van der Waals surface area contributed by atoms with Gasteiger partial charge in [0.15, 0.2) is 0 Å². The van der Waals surface area contributed by atoms with Crippen molar-refractivity contribution in [1.82, 2.24) is 5.32 Å². The largest absolute Gasteiger partial charge is 0.444 e. The third kappa shape index (κ3) is 7.24. The number of alkyl carbamates (subject to hydrolysis) is 1. The van der Waals surface area contributed by atoms with E-state index in [9.17, 15) is 4.79 Å². The standard InChI is InChI=1S/C8H17N3O2/c1-6(5-10-9)11-7(12)13-8(2,3)4/h6,9H,5H2,1-4H3,(H,11,12). The van der Waals surface area contributed by atoms with Crippen LogP contribution in [0.2, 0.25) is 0 Å². The van der Waals surface area contributed by atoms with Crippen LogP contribution in [0.25, 0.3) is 0 Å². The summed E-state index contributed by atoms with van der Waals surface area (Å²) in [4.78, 5) is 11.1. The molecule has 0 rings (SSSR count). The summed E-state index contributed by atoms with van der Waals surface area (Å²) in [6, 6.07) is -0.160. The lowest BCUT2D eigenvalue weighted by atomic mass is 10.2. The minimum absolute atomic E-state index is 0.160. The lowest BCUT2D eigenvalue weighted by Gasteiger charge is -2.21. The highest BCUT2D eigenvalue weighted by atomic mass is 16.6. The van der Waals surface area contributed by atoms with Crippen LogP contribution in [-0.4, -0.2) is 24.3 Å². The molecular weight excluding hydrogens is 170 g/mol. The van der Waals surface area contributed by atoms with Crippen LogP contribution in [0, 0.1) is 5.53 Å². The average Bonchev–Trinajstić information content (AvgIpc) is 1.81. The predicted octanol–water partition coefficient (Wildman–Crippen LogP) is 1.93. The third-order valence-electron chi connectivity index (χ3n) is 1.13. The Bertz CT molecular complexity index is 186. The Kier molecular flexibility index (Phi) is 4.37. The number of nitrogens with zero attached hydrogens (tertiary/aromatic N) is 1. The molecule has 0 radical (unpaired) electrons. The average molecular weight is 187 g/mol. The normalized spacial score (nSPS) is 13.2. The Hall–Kier alpha value is -1.13. The molecule has 0 aromatic carbocycles. The molecule has 2 N–H and O–H groups in total. The molecule has 0 heterocycles. The smallest absolute Gasteiger partial charge is 0.407 e. The maximum atomic E-state index is 11.1. The molecule has 13 heavy (non-hydrogen) atoms. The van der Waals surface area contributed by atoms with Crippen molar-refractivity contribution in [3.8, 4) is 0 Å². The van der Waals surface area contributed by atoms with Crippen molar-refractivity contribution in [2.45, 2.75) is 39.3 Å². The van der Waals surface area contributed by atoms with Crippen LogP contribution in [0.3, 0.4) is 0 Å². The van der Waals surface area contributed by atoms with E-state index >= 15 is 0 Å². The van der Waals surface area contributed by atoms with Gasteiger partial charge < -0.3 is 10.1 Å². The first-order valence-electron chi connectivity index (χ1n) is 4.18. The van der Waals surface area contributed by atoms with Gasteiger partial charge in [-0.1, -0.05) is 0 Å². The summed E-state index contributed by atoms with van der Waals surface area (Å²) < 4.78 is 5.00. The van der Waals surface area contributed by atoms with Gasteiger partial charge in [-0.05, 0) is 27.7 Å². The Labute approximate surface area is 78.4 Å². The molecule has 76 valence electrons. The summed E-state index contributed by atoms with van der Waals surface area (Å²) in [6.07, 6.45) is -0.469. The van der Waals surface area contributed by atoms with Gasteiger partial charge in [0.1, 0.15) is 5.60 Å². The van der Waals surface area contributed by atoms with Gasteiger partial charge in [0, 0.05) is 0 Å². The van der Waals surface area contributed by atoms with E-state index in [1.807, 2.05) is 0 Å². The Morgan fingerprint density at radius 1 is 1.62 bits per heavy atom. The number of ether oxygens (including phenoxy) is 1. The van der Waals surface area contributed by atoms with Crippen LogP contribution in [0.15, 0.2) is 5.11 Å². The van der Waals surface area contributed by atoms with E-state index in [0.717, 1.165) is 0 Å². The molecule has 0 saturated carbocycles. The van der Waals surface area contributed by atoms with Gasteiger partial charge >= 0.3 is 6.09 Å². The zero-order valence-corrected chi connectivity index (χ0v) is 8.55. The highest BCUT2D eigenvalue weighted by Crippen LogP contribution is 2.06. The molecule has 0 aliphatic rings. The first kappa shape index (κ1) is 11.9. The quantitative estimate of drug-likeness (QED) is 0.662. The van der Waals surface area contributed by atoms with Crippen molar-refractivity contribution in [1.29, 1.82) is 5.53 Å². The van der Waals surface area contributed by atoms with E-state index in [0.29, 0.717) is 0 Å². The number of nitrogens with one attached hydrogen (secondary N) is 2. The second-order valence-corrected chi connectivity index (χ2v) is 3.89. The number of carbonyl (C=O) groups is 1. The Balaban J connectivity index is 3.81. The fourth-order valence-corrected chi connectivity index (χ4v) is 0.691. The lowest BCUT2D eigenvalue weighted by molar-refractivity contribution is 0.0510. The van der Waals surface area contributed by atoms with Gasteiger partial charge in [-0.3, -0.25) is 0 Å². The molecule has 1 atom stereocenters. The maximum absolute atomic E-state index is 11.1. The second kappa shape index (κ2) is 4.79. The molecule has 0 fully saturated rings. The molecule has 0 aromatic rings. The summed E-state index contributed by atoms with van der Waals surface area (Å²) >= 11 is 0. The Morgan fingerprint density at radius 3 is 2.54 bits per heavy atom. The fourth-order valence-electron chi connectivity index (χ4n) is 0.691. The molecule has 0 aliphatic heterocycles. The van der Waals surface area contributed by atoms with E-state index < -0.39 is 11.7 Å². The van der Waals surface area contributed by atoms with E-state index in [1.54, 1.807) is 27.7 Å². The lowest BCUT2D eigenvalue weighted by Crippen LogP contribution is -2.38. The SMILES string of the molecule is CC(CN=N)NC(=O)OC(C)(C)C. The molecule has 0 aliphatic carbocycles. The molecule has 1 amide bonds. The van der Waals surface area contributed by atoms with Crippen molar-refractivity contribution in [3.05, 3.63) is 0 Å². The predicted molar refractivity (Wildman–Crippen MR) is 48.8 cm³/mol. The maximum Gasteiger partial charge on any atom is 0.407 e. The van der Waals surface area contributed by atoms with Gasteiger partial charge in [-0.2, -0.15) is 5.11 Å². The number of amides is 1. The summed E-state index contributed by atoms with van der Waals surface area (Å²) in [5.74, 6) is 0. The van der Waals surface area contributed by atoms with E-state index in [1.165, 1.54) is 0 Å². The minimum Gasteiger partial charge on any atom is -0.444 e. The van der Waals surface area contributed by atoms with Crippen LogP contribution in [0.1, 0.15) is 27.7 Å². The molecule has 0 spiro atoms. The molecule has 0 aromatic heterocycles. The van der Waals surface area contributed by atoms with Gasteiger partial charge in [-0.25, -0.2) is 10.3 Å². The van der Waals surface area contributed by atoms with Crippen molar-refractivity contribution < 1.29 is 9.53 Å². The van der Waals surface area contributed by atoms with Gasteiger partial charge in [0.25, 0.3) is 0 Å². The number of carbonyl (C=O) groups excluding carboxylic acids is 1.